The average molecular weight is 247 g/mol. The van der Waals surface area contributed by atoms with E-state index in [0.717, 1.165) is 18.5 Å². The Balaban J connectivity index is 2.12. The Hall–Kier alpha value is -2.11. The van der Waals surface area contributed by atoms with Crippen LogP contribution in [0.1, 0.15) is 41.7 Å². The fourth-order valence-electron chi connectivity index (χ4n) is 1.91. The summed E-state index contributed by atoms with van der Waals surface area (Å²) in [5.41, 5.74) is 1.45. The molecule has 2 heterocycles. The average Bonchev–Trinajstić information content (AvgIpc) is 3.09. The molecule has 6 nitrogen and oxygen atoms in total. The van der Waals surface area contributed by atoms with E-state index in [1.54, 1.807) is 13.0 Å². The molecule has 3 rings (SSSR count). The third kappa shape index (κ3) is 1.70. The van der Waals surface area contributed by atoms with Crippen LogP contribution in [0.5, 0.6) is 5.88 Å². The van der Waals surface area contributed by atoms with Gasteiger partial charge in [0, 0.05) is 12.0 Å². The van der Waals surface area contributed by atoms with Gasteiger partial charge in [-0.2, -0.15) is 9.61 Å². The SMILES string of the molecule is CCOC(=O)c1cnn2c(O)cc(C3CC3)nc12. The molecule has 1 saturated carbocycles. The van der Waals surface area contributed by atoms with Gasteiger partial charge in [0.2, 0.25) is 5.88 Å². The van der Waals surface area contributed by atoms with Crippen LogP contribution < -0.4 is 0 Å². The lowest BCUT2D eigenvalue weighted by molar-refractivity contribution is 0.0528. The van der Waals surface area contributed by atoms with E-state index in [0.29, 0.717) is 18.2 Å². The Kier molecular flexibility index (Phi) is 2.43. The maximum absolute atomic E-state index is 11.7. The number of aromatic nitrogens is 3. The van der Waals surface area contributed by atoms with Crippen LogP contribution in [0.2, 0.25) is 0 Å². The van der Waals surface area contributed by atoms with Crippen molar-refractivity contribution < 1.29 is 14.6 Å². The minimum atomic E-state index is -0.465. The molecule has 0 bridgehead atoms. The number of carbonyl (C=O) groups excluding carboxylic acids is 1. The molecule has 2 aromatic rings. The number of hydrogen-bond donors (Lipinski definition) is 1. The normalized spacial score (nSPS) is 14.9. The van der Waals surface area contributed by atoms with E-state index >= 15 is 0 Å². The molecule has 6 heteroatoms. The molecule has 1 N–H and O–H groups in total. The zero-order valence-electron chi connectivity index (χ0n) is 9.96. The number of aromatic hydroxyl groups is 1. The van der Waals surface area contributed by atoms with Crippen LogP contribution in [0.4, 0.5) is 0 Å². The van der Waals surface area contributed by atoms with E-state index in [9.17, 15) is 9.90 Å². The molecule has 0 amide bonds. The summed E-state index contributed by atoms with van der Waals surface area (Å²) in [6.07, 6.45) is 3.52. The Bertz CT molecular complexity index is 616. The van der Waals surface area contributed by atoms with Gasteiger partial charge in [-0.15, -0.1) is 0 Å². The number of ether oxygens (including phenoxy) is 1. The second-order valence-corrected chi connectivity index (χ2v) is 4.33. The summed E-state index contributed by atoms with van der Waals surface area (Å²) < 4.78 is 6.18. The number of hydrogen-bond acceptors (Lipinski definition) is 5. The summed E-state index contributed by atoms with van der Waals surface area (Å²) in [4.78, 5) is 16.1. The molecule has 1 fully saturated rings. The Morgan fingerprint density at radius 2 is 2.39 bits per heavy atom. The molecule has 0 radical (unpaired) electrons. The smallest absolute Gasteiger partial charge is 0.343 e. The fraction of sp³-hybridized carbons (Fsp3) is 0.417. The highest BCUT2D eigenvalue weighted by atomic mass is 16.5. The van der Waals surface area contributed by atoms with Crippen molar-refractivity contribution in [3.05, 3.63) is 23.5 Å². The summed E-state index contributed by atoms with van der Waals surface area (Å²) in [7, 11) is 0. The molecule has 0 atom stereocenters. The van der Waals surface area contributed by atoms with Gasteiger partial charge in [0.25, 0.3) is 0 Å². The zero-order chi connectivity index (χ0) is 12.7. The quantitative estimate of drug-likeness (QED) is 0.831. The lowest BCUT2D eigenvalue weighted by Gasteiger charge is -2.03. The van der Waals surface area contributed by atoms with E-state index in [1.807, 2.05) is 0 Å². The second-order valence-electron chi connectivity index (χ2n) is 4.33. The van der Waals surface area contributed by atoms with Gasteiger partial charge in [-0.25, -0.2) is 9.78 Å². The number of carbonyl (C=O) groups is 1. The molecule has 0 spiro atoms. The maximum atomic E-state index is 11.7. The molecular weight excluding hydrogens is 234 g/mol. The minimum Gasteiger partial charge on any atom is -0.493 e. The highest BCUT2D eigenvalue weighted by Crippen LogP contribution is 2.40. The number of nitrogens with zero attached hydrogens (tertiary/aromatic N) is 3. The second kappa shape index (κ2) is 3.97. The van der Waals surface area contributed by atoms with Crippen LogP contribution in [-0.4, -0.2) is 32.3 Å². The van der Waals surface area contributed by atoms with Gasteiger partial charge in [0.15, 0.2) is 5.65 Å². The van der Waals surface area contributed by atoms with Crippen LogP contribution in [-0.2, 0) is 4.74 Å². The third-order valence-corrected chi connectivity index (χ3v) is 2.96. The summed E-state index contributed by atoms with van der Waals surface area (Å²) >= 11 is 0. The summed E-state index contributed by atoms with van der Waals surface area (Å²) in [5, 5.41) is 13.8. The van der Waals surface area contributed by atoms with E-state index in [1.165, 1.54) is 10.7 Å². The first kappa shape index (κ1) is 11.0. The van der Waals surface area contributed by atoms with Crippen molar-refractivity contribution in [2.45, 2.75) is 25.7 Å². The van der Waals surface area contributed by atoms with Crippen molar-refractivity contribution in [1.29, 1.82) is 0 Å². The van der Waals surface area contributed by atoms with Crippen molar-refractivity contribution in [2.75, 3.05) is 6.61 Å². The number of rotatable bonds is 3. The first-order valence-corrected chi connectivity index (χ1v) is 5.95. The van der Waals surface area contributed by atoms with Crippen LogP contribution in [0.3, 0.4) is 0 Å². The van der Waals surface area contributed by atoms with Gasteiger partial charge in [0.05, 0.1) is 18.5 Å². The summed E-state index contributed by atoms with van der Waals surface area (Å²) in [6, 6.07) is 1.60. The standard InChI is InChI=1S/C12H13N3O3/c1-2-18-12(17)8-6-13-15-10(16)5-9(7-3-4-7)14-11(8)15/h5-7,16H,2-4H2,1H3. The molecule has 0 aromatic carbocycles. The van der Waals surface area contributed by atoms with Crippen molar-refractivity contribution >= 4 is 11.6 Å². The van der Waals surface area contributed by atoms with Crippen molar-refractivity contribution in [3.8, 4) is 5.88 Å². The van der Waals surface area contributed by atoms with Crippen LogP contribution in [0.25, 0.3) is 5.65 Å². The summed E-state index contributed by atoms with van der Waals surface area (Å²) in [5.74, 6) is -0.0735. The van der Waals surface area contributed by atoms with E-state index in [2.05, 4.69) is 10.1 Å². The lowest BCUT2D eigenvalue weighted by atomic mass is 10.2. The van der Waals surface area contributed by atoms with Crippen LogP contribution >= 0.6 is 0 Å². The molecule has 2 aromatic heterocycles. The van der Waals surface area contributed by atoms with Crippen molar-refractivity contribution in [1.82, 2.24) is 14.6 Å². The van der Waals surface area contributed by atoms with Gasteiger partial charge in [-0.3, -0.25) is 0 Å². The number of fused-ring (bicyclic) bond motifs is 1. The Morgan fingerprint density at radius 3 is 3.06 bits per heavy atom. The topological polar surface area (TPSA) is 76.7 Å². The molecule has 1 aliphatic rings. The largest absolute Gasteiger partial charge is 0.493 e. The van der Waals surface area contributed by atoms with E-state index < -0.39 is 5.97 Å². The molecule has 0 saturated heterocycles. The first-order chi connectivity index (χ1) is 8.70. The third-order valence-electron chi connectivity index (χ3n) is 2.96. The maximum Gasteiger partial charge on any atom is 0.343 e. The van der Waals surface area contributed by atoms with Crippen molar-refractivity contribution in [2.24, 2.45) is 0 Å². The molecular formula is C12H13N3O3. The first-order valence-electron chi connectivity index (χ1n) is 5.95. The zero-order valence-corrected chi connectivity index (χ0v) is 9.96. The molecule has 0 aliphatic heterocycles. The highest BCUT2D eigenvalue weighted by Gasteiger charge is 2.27. The molecule has 1 aliphatic carbocycles. The number of esters is 1. The Morgan fingerprint density at radius 1 is 1.61 bits per heavy atom. The monoisotopic (exact) mass is 247 g/mol. The van der Waals surface area contributed by atoms with Crippen LogP contribution in [0.15, 0.2) is 12.3 Å². The van der Waals surface area contributed by atoms with E-state index in [-0.39, 0.29) is 11.4 Å². The van der Waals surface area contributed by atoms with Gasteiger partial charge in [0.1, 0.15) is 5.56 Å². The molecule has 94 valence electrons. The van der Waals surface area contributed by atoms with Gasteiger partial charge < -0.3 is 9.84 Å². The fourth-order valence-corrected chi connectivity index (χ4v) is 1.91. The molecule has 18 heavy (non-hydrogen) atoms. The minimum absolute atomic E-state index is 0.00236. The van der Waals surface area contributed by atoms with Gasteiger partial charge in [-0.1, -0.05) is 0 Å². The lowest BCUT2D eigenvalue weighted by Crippen LogP contribution is -2.05. The predicted molar refractivity (Wildman–Crippen MR) is 62.6 cm³/mol. The highest BCUT2D eigenvalue weighted by molar-refractivity contribution is 5.95. The van der Waals surface area contributed by atoms with Crippen molar-refractivity contribution in [3.63, 3.8) is 0 Å². The Labute approximate surface area is 103 Å². The molecule has 0 unspecified atom stereocenters. The van der Waals surface area contributed by atoms with Gasteiger partial charge in [-0.05, 0) is 19.8 Å². The van der Waals surface area contributed by atoms with Gasteiger partial charge >= 0.3 is 5.97 Å². The predicted octanol–water partition coefficient (Wildman–Crippen LogP) is 1.49. The van der Waals surface area contributed by atoms with Crippen LogP contribution in [0, 0.1) is 0 Å². The summed E-state index contributed by atoms with van der Waals surface area (Å²) in [6.45, 7) is 2.04. The van der Waals surface area contributed by atoms with E-state index in [4.69, 9.17) is 4.74 Å².